The van der Waals surface area contributed by atoms with Gasteiger partial charge in [0.1, 0.15) is 1.37 Å². The van der Waals surface area contributed by atoms with Gasteiger partial charge in [-0.2, -0.15) is 0 Å². The lowest BCUT2D eigenvalue weighted by Gasteiger charge is -2.27. The highest BCUT2D eigenvalue weighted by atomic mass is 16.2. The Morgan fingerprint density at radius 3 is 3.23 bits per heavy atom. The number of carbonyl (C=O) groups excluding carboxylic acids is 1. The van der Waals surface area contributed by atoms with Crippen LogP contribution in [0.2, 0.25) is 0 Å². The molecule has 22 heavy (non-hydrogen) atoms. The SMILES string of the molecule is [2H]c1nc(C([2H])([2H])N2CCc3c(c4ccccc4n3C)C2=O)c(C([2H])([2H])[2H])[nH]1. The smallest absolute Gasteiger partial charge is 0.256 e. The lowest BCUT2D eigenvalue weighted by Crippen LogP contribution is -2.37. The van der Waals surface area contributed by atoms with Crippen molar-refractivity contribution in [3.05, 3.63) is 53.2 Å². The first kappa shape index (κ1) is 8.17. The van der Waals surface area contributed by atoms with Crippen LogP contribution in [0.1, 0.15) is 35.7 Å². The Bertz CT molecular complexity index is 1100. The van der Waals surface area contributed by atoms with Crippen LogP contribution >= 0.6 is 0 Å². The molecule has 0 saturated heterocycles. The maximum Gasteiger partial charge on any atom is 0.256 e. The summed E-state index contributed by atoms with van der Waals surface area (Å²) in [6.07, 6.45) is -0.0344. The van der Waals surface area contributed by atoms with Gasteiger partial charge in [0.2, 0.25) is 0 Å². The summed E-state index contributed by atoms with van der Waals surface area (Å²) in [4.78, 5) is 20.4. The number of nitrogens with zero attached hydrogens (tertiary/aromatic N) is 3. The molecule has 0 aliphatic carbocycles. The molecule has 1 N–H and O–H groups in total. The minimum Gasteiger partial charge on any atom is -0.348 e. The van der Waals surface area contributed by atoms with E-state index in [1.165, 1.54) is 0 Å². The first-order chi connectivity index (χ1) is 13.0. The van der Waals surface area contributed by atoms with Gasteiger partial charge in [0, 0.05) is 46.4 Å². The van der Waals surface area contributed by atoms with E-state index in [9.17, 15) is 4.79 Å². The number of H-pyrrole nitrogens is 1. The molecule has 0 saturated carbocycles. The molecule has 1 aromatic carbocycles. The van der Waals surface area contributed by atoms with Crippen molar-refractivity contribution in [2.75, 3.05) is 6.54 Å². The molecular weight excluding hydrogens is 276 g/mol. The lowest BCUT2D eigenvalue weighted by molar-refractivity contribution is 0.0725. The molecule has 0 unspecified atom stereocenters. The van der Waals surface area contributed by atoms with Crippen LogP contribution in [-0.2, 0) is 20.0 Å². The quantitative estimate of drug-likeness (QED) is 0.790. The van der Waals surface area contributed by atoms with E-state index in [1.807, 2.05) is 35.9 Å². The monoisotopic (exact) mass is 300 g/mol. The van der Waals surface area contributed by atoms with E-state index >= 15 is 0 Å². The van der Waals surface area contributed by atoms with E-state index in [1.54, 1.807) is 0 Å². The Hall–Kier alpha value is -2.56. The maximum atomic E-state index is 13.3. The van der Waals surface area contributed by atoms with E-state index in [4.69, 9.17) is 8.22 Å². The Balaban J connectivity index is 1.84. The fourth-order valence-corrected chi connectivity index (χ4v) is 3.00. The zero-order valence-corrected chi connectivity index (χ0v) is 12.0. The molecular formula is C17H18N4O. The van der Waals surface area contributed by atoms with Crippen molar-refractivity contribution in [2.24, 2.45) is 7.05 Å². The topological polar surface area (TPSA) is 53.9 Å². The largest absolute Gasteiger partial charge is 0.348 e. The normalized spacial score (nSPS) is 19.9. The van der Waals surface area contributed by atoms with Crippen LogP contribution in [-0.4, -0.2) is 31.9 Å². The van der Waals surface area contributed by atoms with E-state index in [0.29, 0.717) is 12.0 Å². The molecule has 5 heteroatoms. The molecule has 1 aliphatic rings. The number of imidazole rings is 1. The Morgan fingerprint density at radius 1 is 1.50 bits per heavy atom. The average molecular weight is 300 g/mol. The summed E-state index contributed by atoms with van der Waals surface area (Å²) < 4.78 is 49.4. The number of aromatic amines is 1. The van der Waals surface area contributed by atoms with Crippen molar-refractivity contribution in [1.82, 2.24) is 19.4 Å². The fraction of sp³-hybridized carbons (Fsp3) is 0.294. The average Bonchev–Trinajstić information content (AvgIpc) is 3.15. The third-order valence-electron chi connectivity index (χ3n) is 4.09. The van der Waals surface area contributed by atoms with Crippen molar-refractivity contribution in [1.29, 1.82) is 0 Å². The van der Waals surface area contributed by atoms with Crippen LogP contribution in [0.3, 0.4) is 0 Å². The van der Waals surface area contributed by atoms with Crippen molar-refractivity contribution >= 4 is 16.8 Å². The highest BCUT2D eigenvalue weighted by Crippen LogP contribution is 2.30. The number of benzene rings is 1. The molecule has 0 fully saturated rings. The molecule has 0 atom stereocenters. The van der Waals surface area contributed by atoms with E-state index in [2.05, 4.69) is 9.97 Å². The Labute approximate surface area is 137 Å². The van der Waals surface area contributed by atoms with E-state index in [0.717, 1.165) is 21.5 Å². The van der Waals surface area contributed by atoms with Crippen molar-refractivity contribution < 1.29 is 13.0 Å². The van der Waals surface area contributed by atoms with E-state index in [-0.39, 0.29) is 6.54 Å². The van der Waals surface area contributed by atoms with Gasteiger partial charge in [0.25, 0.3) is 5.91 Å². The first-order valence-electron chi connectivity index (χ1n) is 9.99. The molecule has 112 valence electrons. The van der Waals surface area contributed by atoms with Crippen LogP contribution in [0.25, 0.3) is 10.9 Å². The molecule has 5 nitrogen and oxygen atoms in total. The predicted molar refractivity (Wildman–Crippen MR) is 84.7 cm³/mol. The van der Waals surface area contributed by atoms with Gasteiger partial charge in [-0.25, -0.2) is 4.98 Å². The summed E-state index contributed by atoms with van der Waals surface area (Å²) in [6, 6.07) is 7.40. The Kier molecular flexibility index (Phi) is 1.76. The summed E-state index contributed by atoms with van der Waals surface area (Å²) in [7, 11) is 1.87. The standard InChI is InChI=1S/C17H18N4O/c1-11-13(19-10-18-11)9-21-8-7-15-16(17(21)22)12-5-3-4-6-14(12)20(15)2/h3-6,10H,7-9H2,1-2H3,(H,18,19)/i1D3,9D2,10D. The molecule has 0 radical (unpaired) electrons. The molecule has 0 spiro atoms. The van der Waals surface area contributed by atoms with Gasteiger partial charge in [-0.05, 0) is 12.9 Å². The van der Waals surface area contributed by atoms with Crippen LogP contribution < -0.4 is 0 Å². The highest BCUT2D eigenvalue weighted by molar-refractivity contribution is 6.09. The van der Waals surface area contributed by atoms with Gasteiger partial charge >= 0.3 is 0 Å². The zero-order chi connectivity index (χ0) is 20.4. The number of amides is 1. The molecule has 2 aromatic heterocycles. The molecule has 0 bridgehead atoms. The van der Waals surface area contributed by atoms with Gasteiger partial charge in [0.15, 0.2) is 0 Å². The number of hydrogen-bond donors (Lipinski definition) is 1. The number of fused-ring (bicyclic) bond motifs is 3. The molecule has 4 rings (SSSR count). The third-order valence-corrected chi connectivity index (χ3v) is 4.09. The van der Waals surface area contributed by atoms with Crippen molar-refractivity contribution in [2.45, 2.75) is 19.8 Å². The maximum absolute atomic E-state index is 13.3. The van der Waals surface area contributed by atoms with Gasteiger partial charge in [0.05, 0.1) is 26.8 Å². The second-order valence-corrected chi connectivity index (χ2v) is 5.29. The second-order valence-electron chi connectivity index (χ2n) is 5.29. The summed E-state index contributed by atoms with van der Waals surface area (Å²) in [5.41, 5.74) is 1.20. The summed E-state index contributed by atoms with van der Waals surface area (Å²) in [5, 5.41) is 0.727. The fourth-order valence-electron chi connectivity index (χ4n) is 3.00. The van der Waals surface area contributed by atoms with Gasteiger partial charge in [-0.15, -0.1) is 0 Å². The summed E-state index contributed by atoms with van der Waals surface area (Å²) in [5.74, 6) is -0.519. The minimum atomic E-state index is -2.68. The predicted octanol–water partition coefficient (Wildman–Crippen LogP) is 2.41. The van der Waals surface area contributed by atoms with Crippen LogP contribution in [0, 0.1) is 6.85 Å². The number of aromatic nitrogens is 3. The summed E-state index contributed by atoms with van der Waals surface area (Å²) >= 11 is 0. The highest BCUT2D eigenvalue weighted by Gasteiger charge is 2.30. The first-order valence-corrected chi connectivity index (χ1v) is 6.99. The second kappa shape index (κ2) is 4.73. The van der Waals surface area contributed by atoms with Crippen LogP contribution in [0.5, 0.6) is 0 Å². The zero-order valence-electron chi connectivity index (χ0n) is 18.0. The lowest BCUT2D eigenvalue weighted by atomic mass is 10.0. The van der Waals surface area contributed by atoms with Crippen LogP contribution in [0.15, 0.2) is 30.6 Å². The van der Waals surface area contributed by atoms with Gasteiger partial charge < -0.3 is 14.5 Å². The number of aryl methyl sites for hydroxylation is 2. The minimum absolute atomic E-state index is 0.0730. The van der Waals surface area contributed by atoms with Crippen molar-refractivity contribution in [3.8, 4) is 0 Å². The number of nitrogens with one attached hydrogen (secondary N) is 1. The molecule has 3 aromatic rings. The number of hydrogen-bond acceptors (Lipinski definition) is 2. The molecule has 1 amide bonds. The third kappa shape index (κ3) is 1.78. The van der Waals surface area contributed by atoms with E-state index < -0.39 is 36.9 Å². The van der Waals surface area contributed by atoms with Gasteiger partial charge in [-0.3, -0.25) is 4.79 Å². The number of carbonyl (C=O) groups is 1. The molecule has 3 heterocycles. The molecule has 1 aliphatic heterocycles. The number of para-hydroxylation sites is 1. The van der Waals surface area contributed by atoms with Crippen LogP contribution in [0.4, 0.5) is 0 Å². The Morgan fingerprint density at radius 2 is 2.36 bits per heavy atom. The summed E-state index contributed by atoms with van der Waals surface area (Å²) in [6.45, 7) is -5.09. The van der Waals surface area contributed by atoms with Crippen molar-refractivity contribution in [3.63, 3.8) is 0 Å². The van der Waals surface area contributed by atoms with Gasteiger partial charge in [-0.1, -0.05) is 18.2 Å². The number of rotatable bonds is 2.